The molecular weight excluding hydrogens is 432 g/mol. The highest BCUT2D eigenvalue weighted by molar-refractivity contribution is 7.92. The molecule has 3 aromatic rings. The van der Waals surface area contributed by atoms with Gasteiger partial charge in [-0.25, -0.2) is 8.42 Å². The molecule has 7 heteroatoms. The molecule has 0 saturated heterocycles. The van der Waals surface area contributed by atoms with Crippen LogP contribution >= 0.6 is 11.6 Å². The average Bonchev–Trinajstić information content (AvgIpc) is 2.79. The van der Waals surface area contributed by atoms with E-state index in [0.29, 0.717) is 17.3 Å². The first kappa shape index (κ1) is 22.8. The number of carbonyl (C=O) groups excluding carboxylic acids is 1. The van der Waals surface area contributed by atoms with Crippen molar-refractivity contribution in [3.8, 4) is 0 Å². The summed E-state index contributed by atoms with van der Waals surface area (Å²) >= 11 is 6.24. The molecule has 0 bridgehead atoms. The van der Waals surface area contributed by atoms with Gasteiger partial charge < -0.3 is 5.32 Å². The predicted octanol–water partition coefficient (Wildman–Crippen LogP) is 4.76. The number of hydrogen-bond acceptors (Lipinski definition) is 3. The zero-order valence-electron chi connectivity index (χ0n) is 17.5. The Morgan fingerprint density at radius 3 is 2.23 bits per heavy atom. The van der Waals surface area contributed by atoms with Gasteiger partial charge in [0.25, 0.3) is 10.0 Å². The molecule has 1 atom stereocenters. The van der Waals surface area contributed by atoms with Gasteiger partial charge in [-0.1, -0.05) is 73.1 Å². The molecule has 0 heterocycles. The largest absolute Gasteiger partial charge is 0.354 e. The Kier molecular flexibility index (Phi) is 7.36. The standard InChI is InChI=1S/C24H25ClN2O3S/c1-18-13-14-21(15-23(18)25)27(31(29,30)22-11-7-4-8-12-22)17-24(28)26-16-19(2)20-9-5-3-6-10-20/h3-15,19H,16-17H2,1-2H3,(H,26,28)/t19-/m1/s1. The van der Waals surface area contributed by atoms with Gasteiger partial charge in [-0.2, -0.15) is 0 Å². The Balaban J connectivity index is 1.83. The summed E-state index contributed by atoms with van der Waals surface area (Å²) in [4.78, 5) is 12.9. The summed E-state index contributed by atoms with van der Waals surface area (Å²) in [5.74, 6) is -0.294. The number of hydrogen-bond donors (Lipinski definition) is 1. The van der Waals surface area contributed by atoms with Gasteiger partial charge in [0.05, 0.1) is 10.6 Å². The van der Waals surface area contributed by atoms with Crippen LogP contribution < -0.4 is 9.62 Å². The summed E-state index contributed by atoms with van der Waals surface area (Å²) in [6, 6.07) is 22.8. The van der Waals surface area contributed by atoms with E-state index < -0.39 is 10.0 Å². The third kappa shape index (κ3) is 5.66. The van der Waals surface area contributed by atoms with Crippen LogP contribution in [0.25, 0.3) is 0 Å². The molecule has 0 unspecified atom stereocenters. The van der Waals surface area contributed by atoms with E-state index in [2.05, 4.69) is 5.32 Å². The molecule has 0 aliphatic carbocycles. The van der Waals surface area contributed by atoms with Crippen molar-refractivity contribution in [1.82, 2.24) is 5.32 Å². The van der Waals surface area contributed by atoms with Gasteiger partial charge in [-0.15, -0.1) is 0 Å². The van der Waals surface area contributed by atoms with Crippen LogP contribution in [0, 0.1) is 6.92 Å². The normalized spacial score (nSPS) is 12.2. The van der Waals surface area contributed by atoms with Crippen molar-refractivity contribution in [1.29, 1.82) is 0 Å². The molecule has 162 valence electrons. The van der Waals surface area contributed by atoms with Crippen molar-refractivity contribution >= 4 is 33.2 Å². The van der Waals surface area contributed by atoms with Crippen molar-refractivity contribution < 1.29 is 13.2 Å². The first-order valence-corrected chi connectivity index (χ1v) is 11.8. The minimum atomic E-state index is -3.96. The summed E-state index contributed by atoms with van der Waals surface area (Å²) in [6.45, 7) is 3.89. The first-order valence-electron chi connectivity index (χ1n) is 9.94. The van der Waals surface area contributed by atoms with Gasteiger partial charge in [0.1, 0.15) is 6.54 Å². The summed E-state index contributed by atoms with van der Waals surface area (Å²) < 4.78 is 27.7. The third-order valence-corrected chi connectivity index (χ3v) is 7.23. The number of carbonyl (C=O) groups is 1. The van der Waals surface area contributed by atoms with E-state index in [4.69, 9.17) is 11.6 Å². The summed E-state index contributed by atoms with van der Waals surface area (Å²) in [6.07, 6.45) is 0. The van der Waals surface area contributed by atoms with Crippen LogP contribution in [0.3, 0.4) is 0 Å². The SMILES string of the molecule is Cc1ccc(N(CC(=O)NC[C@@H](C)c2ccccc2)S(=O)(=O)c2ccccc2)cc1Cl. The van der Waals surface area contributed by atoms with Crippen molar-refractivity contribution in [3.05, 3.63) is 95.0 Å². The second-order valence-electron chi connectivity index (χ2n) is 7.37. The maximum Gasteiger partial charge on any atom is 0.264 e. The number of halogens is 1. The van der Waals surface area contributed by atoms with Crippen LogP contribution in [0.15, 0.2) is 83.8 Å². The van der Waals surface area contributed by atoms with Crippen LogP contribution in [-0.2, 0) is 14.8 Å². The lowest BCUT2D eigenvalue weighted by atomic mass is 10.0. The molecule has 0 aliphatic rings. The summed E-state index contributed by atoms with van der Waals surface area (Å²) in [7, 11) is -3.96. The van der Waals surface area contributed by atoms with Gasteiger partial charge in [-0.3, -0.25) is 9.10 Å². The second kappa shape index (κ2) is 9.98. The maximum atomic E-state index is 13.3. The quantitative estimate of drug-likeness (QED) is 0.531. The van der Waals surface area contributed by atoms with Crippen LogP contribution in [0.2, 0.25) is 5.02 Å². The number of nitrogens with one attached hydrogen (secondary N) is 1. The first-order chi connectivity index (χ1) is 14.8. The van der Waals surface area contributed by atoms with E-state index in [9.17, 15) is 13.2 Å². The lowest BCUT2D eigenvalue weighted by Gasteiger charge is -2.25. The number of aryl methyl sites for hydroxylation is 1. The fraction of sp³-hybridized carbons (Fsp3) is 0.208. The van der Waals surface area contributed by atoms with Gasteiger partial charge in [0, 0.05) is 11.6 Å². The highest BCUT2D eigenvalue weighted by Gasteiger charge is 2.27. The van der Waals surface area contributed by atoms with E-state index >= 15 is 0 Å². The van der Waals surface area contributed by atoms with Gasteiger partial charge in [0.2, 0.25) is 5.91 Å². The average molecular weight is 457 g/mol. The second-order valence-corrected chi connectivity index (χ2v) is 9.64. The predicted molar refractivity (Wildman–Crippen MR) is 125 cm³/mol. The highest BCUT2D eigenvalue weighted by atomic mass is 35.5. The van der Waals surface area contributed by atoms with Crippen LogP contribution in [-0.4, -0.2) is 27.4 Å². The third-order valence-electron chi connectivity index (χ3n) is 5.04. The molecule has 1 amide bonds. The Morgan fingerprint density at radius 2 is 1.61 bits per heavy atom. The monoisotopic (exact) mass is 456 g/mol. The minimum absolute atomic E-state index is 0.0955. The number of anilines is 1. The van der Waals surface area contributed by atoms with Gasteiger partial charge >= 0.3 is 0 Å². The zero-order chi connectivity index (χ0) is 22.4. The molecule has 0 saturated carbocycles. The fourth-order valence-electron chi connectivity index (χ4n) is 3.12. The summed E-state index contributed by atoms with van der Waals surface area (Å²) in [5.41, 5.74) is 2.26. The minimum Gasteiger partial charge on any atom is -0.354 e. The Morgan fingerprint density at radius 1 is 1.00 bits per heavy atom. The van der Waals surface area contributed by atoms with E-state index in [1.54, 1.807) is 36.4 Å². The van der Waals surface area contributed by atoms with Crippen LogP contribution in [0.5, 0.6) is 0 Å². The molecule has 0 aromatic heterocycles. The fourth-order valence-corrected chi connectivity index (χ4v) is 4.73. The Bertz CT molecular complexity index is 1140. The van der Waals surface area contributed by atoms with Gasteiger partial charge in [0.15, 0.2) is 0 Å². The van der Waals surface area contributed by atoms with E-state index in [1.165, 1.54) is 12.1 Å². The van der Waals surface area contributed by atoms with Gasteiger partial charge in [-0.05, 0) is 48.2 Å². The molecule has 0 radical (unpaired) electrons. The Hall–Kier alpha value is -2.83. The van der Waals surface area contributed by atoms with Crippen molar-refractivity contribution in [2.75, 3.05) is 17.4 Å². The molecule has 0 aliphatic heterocycles. The number of nitrogens with zero attached hydrogens (tertiary/aromatic N) is 1. The lowest BCUT2D eigenvalue weighted by Crippen LogP contribution is -2.41. The maximum absolute atomic E-state index is 13.3. The Labute approximate surface area is 188 Å². The topological polar surface area (TPSA) is 66.5 Å². The molecule has 1 N–H and O–H groups in total. The van der Waals surface area contributed by atoms with E-state index in [1.807, 2.05) is 44.2 Å². The van der Waals surface area contributed by atoms with Crippen LogP contribution in [0.4, 0.5) is 5.69 Å². The van der Waals surface area contributed by atoms with Crippen molar-refractivity contribution in [2.45, 2.75) is 24.7 Å². The summed E-state index contributed by atoms with van der Waals surface area (Å²) in [5, 5.41) is 3.29. The number of sulfonamides is 1. The number of rotatable bonds is 8. The smallest absolute Gasteiger partial charge is 0.264 e. The molecule has 3 rings (SSSR count). The number of benzene rings is 3. The van der Waals surface area contributed by atoms with E-state index in [-0.39, 0.29) is 23.3 Å². The molecule has 31 heavy (non-hydrogen) atoms. The van der Waals surface area contributed by atoms with Crippen molar-refractivity contribution in [3.63, 3.8) is 0 Å². The van der Waals surface area contributed by atoms with E-state index in [0.717, 1.165) is 15.4 Å². The molecular formula is C24H25ClN2O3S. The lowest BCUT2D eigenvalue weighted by molar-refractivity contribution is -0.119. The highest BCUT2D eigenvalue weighted by Crippen LogP contribution is 2.28. The zero-order valence-corrected chi connectivity index (χ0v) is 19.0. The number of amides is 1. The molecule has 0 fully saturated rings. The van der Waals surface area contributed by atoms with Crippen LogP contribution in [0.1, 0.15) is 24.0 Å². The molecule has 0 spiro atoms. The van der Waals surface area contributed by atoms with Crippen molar-refractivity contribution in [2.24, 2.45) is 0 Å². The molecule has 3 aromatic carbocycles. The molecule has 5 nitrogen and oxygen atoms in total.